The fourth-order valence-corrected chi connectivity index (χ4v) is 3.08. The van der Waals surface area contributed by atoms with Crippen molar-refractivity contribution in [2.75, 3.05) is 13.7 Å². The third kappa shape index (κ3) is 4.16. The molecule has 1 atom stereocenters. The van der Waals surface area contributed by atoms with Crippen LogP contribution in [0.5, 0.6) is 5.75 Å². The van der Waals surface area contributed by atoms with Gasteiger partial charge in [-0.3, -0.25) is 10.3 Å². The monoisotopic (exact) mass is 364 g/mol. The van der Waals surface area contributed by atoms with Gasteiger partial charge in [-0.2, -0.15) is 0 Å². The Morgan fingerprint density at radius 2 is 1.70 bits per heavy atom. The number of hydrogen-bond donors (Lipinski definition) is 2. The number of amides is 2. The highest BCUT2D eigenvalue weighted by Crippen LogP contribution is 2.35. The number of para-hydroxylation sites is 2. The molecule has 1 aliphatic heterocycles. The van der Waals surface area contributed by atoms with Crippen LogP contribution in [-0.4, -0.2) is 31.2 Å². The van der Waals surface area contributed by atoms with E-state index in [0.29, 0.717) is 12.4 Å². The minimum Gasteiger partial charge on any atom is -0.497 e. The van der Waals surface area contributed by atoms with E-state index in [1.807, 2.05) is 55.5 Å². The van der Waals surface area contributed by atoms with Crippen molar-refractivity contribution in [3.8, 4) is 5.75 Å². The van der Waals surface area contributed by atoms with E-state index >= 15 is 0 Å². The van der Waals surface area contributed by atoms with Gasteiger partial charge in [0.2, 0.25) is 0 Å². The van der Waals surface area contributed by atoms with Crippen LogP contribution in [0.3, 0.4) is 0 Å². The van der Waals surface area contributed by atoms with E-state index in [-0.39, 0.29) is 11.9 Å². The van der Waals surface area contributed by atoms with Gasteiger partial charge in [-0.15, -0.1) is 0 Å². The van der Waals surface area contributed by atoms with Gasteiger partial charge in [-0.05, 0) is 43.2 Å². The number of nitrogens with zero attached hydrogens (tertiary/aromatic N) is 2. The van der Waals surface area contributed by atoms with Gasteiger partial charge in [-0.25, -0.2) is 9.79 Å². The molecule has 0 aromatic heterocycles. The number of rotatable bonds is 4. The van der Waals surface area contributed by atoms with E-state index in [0.717, 1.165) is 34.8 Å². The predicted molar refractivity (Wildman–Crippen MR) is 109 cm³/mol. The molecule has 2 N–H and O–H groups in total. The summed E-state index contributed by atoms with van der Waals surface area (Å²) in [6, 6.07) is 15.2. The molecule has 1 heterocycles. The number of nitrogens with one attached hydrogen (secondary N) is 2. The highest BCUT2D eigenvalue weighted by atomic mass is 16.5. The van der Waals surface area contributed by atoms with Crippen molar-refractivity contribution in [2.24, 2.45) is 9.98 Å². The van der Waals surface area contributed by atoms with E-state index in [1.54, 1.807) is 7.11 Å². The number of ether oxygens (including phenoxy) is 1. The van der Waals surface area contributed by atoms with Crippen molar-refractivity contribution in [3.05, 3.63) is 54.1 Å². The van der Waals surface area contributed by atoms with Gasteiger partial charge in [0, 0.05) is 12.3 Å². The number of fused-ring (bicyclic) bond motifs is 1. The first kappa shape index (κ1) is 18.6. The molecular weight excluding hydrogens is 340 g/mol. The molecular formula is C21H24N4O2. The topological polar surface area (TPSA) is 75.1 Å². The van der Waals surface area contributed by atoms with Crippen LogP contribution in [0.15, 0.2) is 58.5 Å². The van der Waals surface area contributed by atoms with Crippen molar-refractivity contribution in [1.82, 2.24) is 10.6 Å². The predicted octanol–water partition coefficient (Wildman–Crippen LogP) is 4.32. The van der Waals surface area contributed by atoms with Gasteiger partial charge in [0.05, 0.1) is 24.4 Å². The molecule has 0 spiro atoms. The maximum Gasteiger partial charge on any atom is 0.320 e. The summed E-state index contributed by atoms with van der Waals surface area (Å²) in [6.07, 6.45) is 0.737. The molecule has 27 heavy (non-hydrogen) atoms. The zero-order valence-electron chi connectivity index (χ0n) is 15.8. The van der Waals surface area contributed by atoms with Crippen LogP contribution in [0.4, 0.5) is 16.2 Å². The maximum atomic E-state index is 12.2. The van der Waals surface area contributed by atoms with Crippen LogP contribution in [0.1, 0.15) is 31.7 Å². The van der Waals surface area contributed by atoms with Crippen LogP contribution >= 0.6 is 0 Å². The summed E-state index contributed by atoms with van der Waals surface area (Å²) in [5.41, 5.74) is 3.49. The Kier molecular flexibility index (Phi) is 5.86. The van der Waals surface area contributed by atoms with E-state index in [1.165, 1.54) is 0 Å². The van der Waals surface area contributed by atoms with Gasteiger partial charge in [0.25, 0.3) is 0 Å². The third-order valence-electron chi connectivity index (χ3n) is 4.38. The maximum absolute atomic E-state index is 12.2. The van der Waals surface area contributed by atoms with Crippen LogP contribution < -0.4 is 15.4 Å². The molecule has 1 unspecified atom stereocenters. The van der Waals surface area contributed by atoms with E-state index < -0.39 is 0 Å². The minimum atomic E-state index is -0.274. The number of benzene rings is 2. The smallest absolute Gasteiger partial charge is 0.320 e. The number of aliphatic imine (C=N–C) groups is 2. The Balaban J connectivity index is 2.11. The summed E-state index contributed by atoms with van der Waals surface area (Å²) < 4.78 is 5.27. The fourth-order valence-electron chi connectivity index (χ4n) is 3.08. The molecule has 1 aliphatic rings. The molecule has 3 rings (SSSR count). The highest BCUT2D eigenvalue weighted by molar-refractivity contribution is 6.17. The van der Waals surface area contributed by atoms with Crippen LogP contribution in [0.25, 0.3) is 0 Å². The summed E-state index contributed by atoms with van der Waals surface area (Å²) in [7, 11) is 1.64. The van der Waals surface area contributed by atoms with Crippen molar-refractivity contribution < 1.29 is 9.53 Å². The second kappa shape index (κ2) is 8.49. The number of amidine groups is 1. The Morgan fingerprint density at radius 1 is 1.04 bits per heavy atom. The number of carbonyl (C=O) groups is 1. The van der Waals surface area contributed by atoms with E-state index in [4.69, 9.17) is 14.7 Å². The normalized spacial score (nSPS) is 15.7. The molecule has 2 aromatic rings. The Bertz CT molecular complexity index is 872. The highest BCUT2D eigenvalue weighted by Gasteiger charge is 2.27. The molecule has 2 aromatic carbocycles. The Hall–Kier alpha value is -3.15. The molecule has 6 heteroatoms. The van der Waals surface area contributed by atoms with Crippen molar-refractivity contribution in [1.29, 1.82) is 0 Å². The van der Waals surface area contributed by atoms with Gasteiger partial charge >= 0.3 is 6.03 Å². The summed E-state index contributed by atoms with van der Waals surface area (Å²) in [4.78, 5) is 21.9. The lowest BCUT2D eigenvalue weighted by molar-refractivity contribution is 0.245. The zero-order chi connectivity index (χ0) is 19.2. The van der Waals surface area contributed by atoms with Crippen LogP contribution in [0, 0.1) is 0 Å². The quantitative estimate of drug-likeness (QED) is 0.847. The molecule has 6 nitrogen and oxygen atoms in total. The molecule has 0 radical (unpaired) electrons. The largest absolute Gasteiger partial charge is 0.497 e. The average molecular weight is 364 g/mol. The third-order valence-corrected chi connectivity index (χ3v) is 4.38. The lowest BCUT2D eigenvalue weighted by atomic mass is 9.91. The van der Waals surface area contributed by atoms with Gasteiger partial charge < -0.3 is 10.1 Å². The standard InChI is InChI=1S/C21H24N4O2/c1-4-16-19(14-10-12-15(27-3)13-11-14)20(25-21(26)22-5-2)24-18-9-7-6-8-17(18)23-16/h6-13,19H,4-5H2,1-3H3,(H2,22,24,25,26). The van der Waals surface area contributed by atoms with Gasteiger partial charge in [0.15, 0.2) is 0 Å². The lowest BCUT2D eigenvalue weighted by Crippen LogP contribution is -2.43. The fraction of sp³-hybridized carbons (Fsp3) is 0.286. The first-order valence-electron chi connectivity index (χ1n) is 9.10. The Labute approximate surface area is 159 Å². The molecule has 0 fully saturated rings. The van der Waals surface area contributed by atoms with Crippen molar-refractivity contribution in [3.63, 3.8) is 0 Å². The lowest BCUT2D eigenvalue weighted by Gasteiger charge is -2.21. The molecule has 0 saturated heterocycles. The Morgan fingerprint density at radius 3 is 2.30 bits per heavy atom. The molecule has 0 aliphatic carbocycles. The van der Waals surface area contributed by atoms with E-state index in [9.17, 15) is 4.79 Å². The summed E-state index contributed by atoms with van der Waals surface area (Å²) in [6.45, 7) is 4.48. The second-order valence-corrected chi connectivity index (χ2v) is 6.13. The van der Waals surface area contributed by atoms with Crippen molar-refractivity contribution in [2.45, 2.75) is 26.2 Å². The number of methoxy groups -OCH3 is 1. The first-order chi connectivity index (χ1) is 13.2. The first-order valence-corrected chi connectivity index (χ1v) is 9.10. The minimum absolute atomic E-state index is 0.240. The van der Waals surface area contributed by atoms with Gasteiger partial charge in [-0.1, -0.05) is 31.2 Å². The second-order valence-electron chi connectivity index (χ2n) is 6.13. The van der Waals surface area contributed by atoms with E-state index in [2.05, 4.69) is 17.6 Å². The summed E-state index contributed by atoms with van der Waals surface area (Å²) in [5.74, 6) is 1.10. The molecule has 0 bridgehead atoms. The van der Waals surface area contributed by atoms with Crippen molar-refractivity contribution >= 4 is 29.0 Å². The van der Waals surface area contributed by atoms with Crippen LogP contribution in [0.2, 0.25) is 0 Å². The summed E-state index contributed by atoms with van der Waals surface area (Å²) in [5, 5.41) is 5.70. The molecule has 2 amide bonds. The SMILES string of the molecule is CCNC(=O)NC1=Nc2ccccc2N=C(CC)C1c1ccc(OC)cc1. The molecule has 0 saturated carbocycles. The van der Waals surface area contributed by atoms with Gasteiger partial charge in [0.1, 0.15) is 11.6 Å². The number of carbonyl (C=O) groups excluding carboxylic acids is 1. The number of hydrogen-bond acceptors (Lipinski definition) is 4. The number of urea groups is 1. The van der Waals surface area contributed by atoms with Crippen LogP contribution in [-0.2, 0) is 0 Å². The average Bonchev–Trinajstić information content (AvgIpc) is 2.84. The summed E-state index contributed by atoms with van der Waals surface area (Å²) >= 11 is 0. The zero-order valence-corrected chi connectivity index (χ0v) is 15.8. The molecule has 140 valence electrons.